The maximum absolute atomic E-state index is 15.2. The predicted octanol–water partition coefficient (Wildman–Crippen LogP) is 1.11. The lowest BCUT2D eigenvalue weighted by atomic mass is 10.1. The van der Waals surface area contributed by atoms with Gasteiger partial charge in [0, 0.05) is 18.2 Å². The molecule has 13 heteroatoms. The highest BCUT2D eigenvalue weighted by Crippen LogP contribution is 2.37. The summed E-state index contributed by atoms with van der Waals surface area (Å²) in [5.41, 5.74) is -1.35. The third kappa shape index (κ3) is 6.52. The Labute approximate surface area is 177 Å². The van der Waals surface area contributed by atoms with Crippen molar-refractivity contribution in [3.8, 4) is 0 Å². The van der Waals surface area contributed by atoms with Crippen molar-refractivity contribution in [1.82, 2.24) is 9.55 Å². The van der Waals surface area contributed by atoms with Crippen molar-refractivity contribution in [2.75, 3.05) is 19.9 Å². The molecule has 1 aliphatic heterocycles. The van der Waals surface area contributed by atoms with Crippen molar-refractivity contribution >= 4 is 20.0 Å². The number of aromatic amines is 1. The maximum atomic E-state index is 15.2. The molecule has 0 amide bonds. The van der Waals surface area contributed by atoms with Gasteiger partial charge in [-0.05, 0) is 18.4 Å². The minimum absolute atomic E-state index is 0.0169. The Morgan fingerprint density at radius 3 is 2.61 bits per heavy atom. The van der Waals surface area contributed by atoms with Gasteiger partial charge in [-0.25, -0.2) is 9.18 Å². The number of hydrogen-bond donors (Lipinski definition) is 1. The molecule has 0 saturated carbocycles. The van der Waals surface area contributed by atoms with Crippen LogP contribution in [0.25, 0.3) is 0 Å². The van der Waals surface area contributed by atoms with E-state index in [-0.39, 0.29) is 37.6 Å². The lowest BCUT2D eigenvalue weighted by Crippen LogP contribution is -2.38. The fraction of sp³-hybridized carbons (Fsp3) is 0.667. The highest BCUT2D eigenvalue weighted by Gasteiger charge is 2.49. The molecule has 1 saturated heterocycles. The lowest BCUT2D eigenvalue weighted by molar-refractivity contribution is -0.156. The Morgan fingerprint density at radius 2 is 1.97 bits per heavy atom. The average Bonchev–Trinajstić information content (AvgIpc) is 3.03. The van der Waals surface area contributed by atoms with Crippen LogP contribution in [0, 0.1) is 6.92 Å². The Morgan fingerprint density at radius 1 is 1.29 bits per heavy atom. The van der Waals surface area contributed by atoms with Gasteiger partial charge >= 0.3 is 25.7 Å². The van der Waals surface area contributed by atoms with Crippen LogP contribution in [0.2, 0.25) is 0 Å². The number of nitrogens with one attached hydrogen (secondary N) is 1. The third-order valence-electron chi connectivity index (χ3n) is 4.58. The summed E-state index contributed by atoms with van der Waals surface area (Å²) in [5.74, 6) is -1.48. The molecule has 0 bridgehead atoms. The molecule has 2 rings (SSSR count). The smallest absolute Gasteiger partial charge is 0.469 e. The summed E-state index contributed by atoms with van der Waals surface area (Å²) < 4.78 is 48.2. The van der Waals surface area contributed by atoms with Crippen LogP contribution < -0.4 is 11.2 Å². The first-order valence-corrected chi connectivity index (χ1v) is 11.0. The van der Waals surface area contributed by atoms with Crippen molar-refractivity contribution in [2.24, 2.45) is 0 Å². The summed E-state index contributed by atoms with van der Waals surface area (Å²) >= 11 is 0. The molecule has 1 aromatic rings. The van der Waals surface area contributed by atoms with Gasteiger partial charge in [0.05, 0.1) is 26.6 Å². The summed E-state index contributed by atoms with van der Waals surface area (Å²) in [6.45, 7) is 3.34. The number of hydrogen-bond acceptors (Lipinski definition) is 9. The molecule has 5 atom stereocenters. The minimum atomic E-state index is -2.02. The standard InChI is InChI=1S/C18H24FN2O9P/c1-4-28-31(26)8-7-11-15(30-13(23)6-5-12(22)27-3)14(19)17(29-11)21-9-10(2)16(24)20-18(21)25/h9,11,14-15,17H,4-8H2,1-3H3/p+1/t11?,14-,15-,17?/m1/s1. The van der Waals surface area contributed by atoms with Gasteiger partial charge < -0.3 is 14.2 Å². The first-order valence-electron chi connectivity index (χ1n) is 9.63. The first kappa shape index (κ1) is 24.8. The second-order valence-electron chi connectivity index (χ2n) is 6.78. The van der Waals surface area contributed by atoms with Crippen molar-refractivity contribution < 1.29 is 37.3 Å². The first-order chi connectivity index (χ1) is 14.7. The number of nitrogens with zero attached hydrogens (tertiary/aromatic N) is 1. The van der Waals surface area contributed by atoms with E-state index in [9.17, 15) is 23.7 Å². The number of carbonyl (C=O) groups excluding carboxylic acids is 2. The van der Waals surface area contributed by atoms with Crippen molar-refractivity contribution in [3.63, 3.8) is 0 Å². The van der Waals surface area contributed by atoms with Gasteiger partial charge in [-0.3, -0.25) is 23.9 Å². The monoisotopic (exact) mass is 463 g/mol. The molecule has 11 nitrogen and oxygen atoms in total. The Kier molecular flexibility index (Phi) is 9.02. The summed E-state index contributed by atoms with van der Waals surface area (Å²) in [6.07, 6.45) is -5.27. The van der Waals surface area contributed by atoms with Crippen LogP contribution in [0.3, 0.4) is 0 Å². The number of rotatable bonds is 10. The lowest BCUT2D eigenvalue weighted by Gasteiger charge is -2.18. The van der Waals surface area contributed by atoms with Gasteiger partial charge in [-0.2, -0.15) is 0 Å². The molecule has 1 fully saturated rings. The average molecular weight is 463 g/mol. The van der Waals surface area contributed by atoms with E-state index in [0.29, 0.717) is 0 Å². The van der Waals surface area contributed by atoms with Crippen LogP contribution in [-0.2, 0) is 32.9 Å². The van der Waals surface area contributed by atoms with Crippen LogP contribution in [0.5, 0.6) is 0 Å². The zero-order chi connectivity index (χ0) is 23.1. The van der Waals surface area contributed by atoms with E-state index < -0.39 is 55.8 Å². The zero-order valence-corrected chi connectivity index (χ0v) is 18.3. The van der Waals surface area contributed by atoms with E-state index in [0.717, 1.165) is 10.8 Å². The van der Waals surface area contributed by atoms with Crippen molar-refractivity contribution in [3.05, 3.63) is 32.6 Å². The summed E-state index contributed by atoms with van der Waals surface area (Å²) in [4.78, 5) is 49.1. The number of aryl methyl sites for hydroxylation is 1. The number of methoxy groups -OCH3 is 1. The normalized spacial score (nSPS) is 23.4. The predicted molar refractivity (Wildman–Crippen MR) is 105 cm³/mol. The van der Waals surface area contributed by atoms with Gasteiger partial charge in [0.25, 0.3) is 5.56 Å². The number of halogens is 1. The summed E-state index contributed by atoms with van der Waals surface area (Å²) in [6, 6.07) is 0. The van der Waals surface area contributed by atoms with Gasteiger partial charge in [0.15, 0.2) is 24.7 Å². The van der Waals surface area contributed by atoms with E-state index >= 15 is 4.39 Å². The molecule has 3 unspecified atom stereocenters. The molecular weight excluding hydrogens is 438 g/mol. The SMILES string of the molecule is CCO[P+](=O)CCC1OC(n2cc(C)c(=O)[nH]c2=O)[C@H](F)[C@@H]1OC(=O)CCC(=O)OC. The molecule has 1 aliphatic rings. The third-order valence-corrected chi connectivity index (χ3v) is 5.75. The van der Waals surface area contributed by atoms with Crippen LogP contribution >= 0.6 is 8.03 Å². The largest absolute Gasteiger partial charge is 0.508 e. The van der Waals surface area contributed by atoms with E-state index in [4.69, 9.17) is 14.0 Å². The second kappa shape index (κ2) is 11.3. The number of alkyl halides is 1. The molecule has 0 spiro atoms. The molecule has 31 heavy (non-hydrogen) atoms. The molecule has 1 aromatic heterocycles. The van der Waals surface area contributed by atoms with E-state index in [1.54, 1.807) is 6.92 Å². The van der Waals surface area contributed by atoms with Crippen molar-refractivity contribution in [2.45, 2.75) is 57.7 Å². The van der Waals surface area contributed by atoms with Gasteiger partial charge in [0.1, 0.15) is 6.10 Å². The Hall–Kier alpha value is -2.43. The number of carbonyl (C=O) groups is 2. The van der Waals surface area contributed by atoms with Crippen LogP contribution in [0.4, 0.5) is 4.39 Å². The fourth-order valence-corrected chi connectivity index (χ4v) is 3.91. The van der Waals surface area contributed by atoms with Crippen LogP contribution in [0.1, 0.15) is 38.0 Å². The Bertz CT molecular complexity index is 931. The maximum Gasteiger partial charge on any atom is 0.508 e. The van der Waals surface area contributed by atoms with E-state index in [1.807, 2.05) is 0 Å². The molecule has 1 N–H and O–H groups in total. The summed E-state index contributed by atoms with van der Waals surface area (Å²) in [7, 11) is -0.856. The van der Waals surface area contributed by atoms with Crippen LogP contribution in [-0.4, -0.2) is 59.7 Å². The van der Waals surface area contributed by atoms with E-state index in [2.05, 4.69) is 9.72 Å². The topological polar surface area (TPSA) is 143 Å². The summed E-state index contributed by atoms with van der Waals surface area (Å²) in [5, 5.41) is 0. The molecule has 2 heterocycles. The highest BCUT2D eigenvalue weighted by atomic mass is 31.1. The molecule has 0 radical (unpaired) electrons. The highest BCUT2D eigenvalue weighted by molar-refractivity contribution is 7.39. The number of H-pyrrole nitrogens is 1. The zero-order valence-electron chi connectivity index (χ0n) is 17.4. The quantitative estimate of drug-likeness (QED) is 0.399. The molecule has 0 aliphatic carbocycles. The minimum Gasteiger partial charge on any atom is -0.469 e. The number of ether oxygens (including phenoxy) is 3. The van der Waals surface area contributed by atoms with Gasteiger partial charge in [-0.15, -0.1) is 4.52 Å². The molecular formula is C18H25FN2O9P+. The number of esters is 2. The fourth-order valence-electron chi connectivity index (χ4n) is 3.02. The van der Waals surface area contributed by atoms with Gasteiger partial charge in [-0.1, -0.05) is 0 Å². The van der Waals surface area contributed by atoms with Crippen LogP contribution in [0.15, 0.2) is 15.8 Å². The van der Waals surface area contributed by atoms with Crippen molar-refractivity contribution in [1.29, 1.82) is 0 Å². The van der Waals surface area contributed by atoms with E-state index in [1.165, 1.54) is 14.0 Å². The number of aromatic nitrogens is 2. The second-order valence-corrected chi connectivity index (χ2v) is 8.15. The molecule has 0 aromatic carbocycles. The molecule has 172 valence electrons. The Balaban J connectivity index is 2.21. The van der Waals surface area contributed by atoms with Gasteiger partial charge in [0.2, 0.25) is 0 Å².